The van der Waals surface area contributed by atoms with Gasteiger partial charge in [0.15, 0.2) is 11.6 Å². The van der Waals surface area contributed by atoms with Crippen LogP contribution in [0.25, 0.3) is 0 Å². The Balaban J connectivity index is 1.46. The van der Waals surface area contributed by atoms with Gasteiger partial charge in [0.25, 0.3) is 0 Å². The van der Waals surface area contributed by atoms with Gasteiger partial charge in [-0.25, -0.2) is 0 Å². The first kappa shape index (κ1) is 34.0. The zero-order valence-corrected chi connectivity index (χ0v) is 30.2. The number of Topliss-reactive ketones (excluding diaryl/α,β-unsaturated/α-hetero) is 2. The van der Waals surface area contributed by atoms with Crippen molar-refractivity contribution < 1.29 is 9.59 Å². The van der Waals surface area contributed by atoms with Crippen molar-refractivity contribution >= 4 is 11.6 Å². The fourth-order valence-corrected chi connectivity index (χ4v) is 8.34. The smallest absolute Gasteiger partial charge is 0.165 e. The van der Waals surface area contributed by atoms with Crippen molar-refractivity contribution in [3.05, 3.63) is 126 Å². The zero-order valence-electron chi connectivity index (χ0n) is 30.2. The highest BCUT2D eigenvalue weighted by atomic mass is 16.1. The summed E-state index contributed by atoms with van der Waals surface area (Å²) in [4.78, 5) is 41.1. The first-order valence-corrected chi connectivity index (χ1v) is 17.1. The van der Waals surface area contributed by atoms with Crippen LogP contribution in [0.2, 0.25) is 0 Å². The van der Waals surface area contributed by atoms with Crippen molar-refractivity contribution in [2.75, 3.05) is 0 Å². The Hall–Kier alpha value is -4.32. The number of benzene rings is 1. The zero-order chi connectivity index (χ0) is 34.3. The van der Waals surface area contributed by atoms with Crippen molar-refractivity contribution in [3.8, 4) is 0 Å². The number of nitrogens with one attached hydrogen (secondary N) is 4. The van der Waals surface area contributed by atoms with Gasteiger partial charge < -0.3 is 19.9 Å². The van der Waals surface area contributed by atoms with Gasteiger partial charge in [0.05, 0.1) is 5.92 Å². The fourth-order valence-electron chi connectivity index (χ4n) is 8.34. The SMILES string of the molecule is CCc1c(C)[nH]c(C(CC)c2[nH]c(C)c(C(=O)CCc3c(C)[nH]c(C(c4ccccc4)c4[nH]c(C)c(C(C)=O)c4C)c3C)c2C)c1C. The van der Waals surface area contributed by atoms with Crippen molar-refractivity contribution in [1.29, 1.82) is 0 Å². The number of ketones is 2. The average molecular weight is 633 g/mol. The summed E-state index contributed by atoms with van der Waals surface area (Å²) in [6.45, 7) is 22.9. The van der Waals surface area contributed by atoms with Gasteiger partial charge in [0.1, 0.15) is 0 Å². The third-order valence-electron chi connectivity index (χ3n) is 10.6. The Morgan fingerprint density at radius 3 is 1.68 bits per heavy atom. The fraction of sp³-hybridized carbons (Fsp3) is 0.415. The maximum Gasteiger partial charge on any atom is 0.165 e. The van der Waals surface area contributed by atoms with Gasteiger partial charge in [-0.15, -0.1) is 0 Å². The first-order valence-electron chi connectivity index (χ1n) is 17.1. The Morgan fingerprint density at radius 1 is 0.617 bits per heavy atom. The highest BCUT2D eigenvalue weighted by Crippen LogP contribution is 2.39. The summed E-state index contributed by atoms with van der Waals surface area (Å²) < 4.78 is 0. The van der Waals surface area contributed by atoms with E-state index in [1.165, 1.54) is 33.6 Å². The van der Waals surface area contributed by atoms with Gasteiger partial charge in [0.2, 0.25) is 0 Å². The van der Waals surface area contributed by atoms with Crippen LogP contribution in [0.1, 0.15) is 151 Å². The van der Waals surface area contributed by atoms with Crippen LogP contribution in [0.15, 0.2) is 30.3 Å². The van der Waals surface area contributed by atoms with E-state index in [0.29, 0.717) is 12.8 Å². The molecule has 0 bridgehead atoms. The second kappa shape index (κ2) is 13.4. The molecule has 2 unspecified atom stereocenters. The van der Waals surface area contributed by atoms with Crippen LogP contribution in [-0.2, 0) is 12.8 Å². The summed E-state index contributed by atoms with van der Waals surface area (Å²) in [6.07, 6.45) is 3.04. The molecular weight excluding hydrogens is 580 g/mol. The summed E-state index contributed by atoms with van der Waals surface area (Å²) >= 11 is 0. The molecule has 5 rings (SSSR count). The van der Waals surface area contributed by atoms with Gasteiger partial charge >= 0.3 is 0 Å². The van der Waals surface area contributed by atoms with Crippen LogP contribution in [0.3, 0.4) is 0 Å². The van der Waals surface area contributed by atoms with E-state index in [4.69, 9.17) is 0 Å². The second-order valence-electron chi connectivity index (χ2n) is 13.5. The minimum atomic E-state index is -0.0952. The Morgan fingerprint density at radius 2 is 1.11 bits per heavy atom. The third kappa shape index (κ3) is 5.99. The van der Waals surface area contributed by atoms with Gasteiger partial charge in [-0.1, -0.05) is 44.2 Å². The summed E-state index contributed by atoms with van der Waals surface area (Å²) in [5.74, 6) is 0.334. The quantitative estimate of drug-likeness (QED) is 0.103. The topological polar surface area (TPSA) is 97.3 Å². The molecule has 0 aliphatic heterocycles. The van der Waals surface area contributed by atoms with Gasteiger partial charge in [-0.2, -0.15) is 0 Å². The van der Waals surface area contributed by atoms with Crippen LogP contribution in [0.5, 0.6) is 0 Å². The largest absolute Gasteiger partial charge is 0.361 e. The molecule has 5 aromatic rings. The van der Waals surface area contributed by atoms with Gasteiger partial charge in [-0.05, 0) is 121 Å². The number of hydrogen-bond acceptors (Lipinski definition) is 2. The van der Waals surface area contributed by atoms with E-state index < -0.39 is 0 Å². The van der Waals surface area contributed by atoms with E-state index in [9.17, 15) is 9.59 Å². The molecule has 0 aliphatic carbocycles. The maximum absolute atomic E-state index is 14.0. The van der Waals surface area contributed by atoms with Crippen LogP contribution >= 0.6 is 0 Å². The molecule has 4 aromatic heterocycles. The highest BCUT2D eigenvalue weighted by Gasteiger charge is 2.30. The normalized spacial score (nSPS) is 12.9. The summed E-state index contributed by atoms with van der Waals surface area (Å²) in [6, 6.07) is 10.4. The molecule has 0 spiro atoms. The number of aromatic nitrogens is 4. The number of carbonyl (C=O) groups is 2. The number of H-pyrrole nitrogens is 4. The molecule has 0 fully saturated rings. The van der Waals surface area contributed by atoms with E-state index in [-0.39, 0.29) is 23.4 Å². The molecule has 47 heavy (non-hydrogen) atoms. The Kier molecular flexibility index (Phi) is 9.72. The van der Waals surface area contributed by atoms with E-state index >= 15 is 0 Å². The molecule has 2 atom stereocenters. The third-order valence-corrected chi connectivity index (χ3v) is 10.6. The Bertz CT molecular complexity index is 1940. The summed E-state index contributed by atoms with van der Waals surface area (Å²) in [5, 5.41) is 0. The number of aryl methyl sites for hydroxylation is 4. The summed E-state index contributed by atoms with van der Waals surface area (Å²) in [5.41, 5.74) is 18.6. The van der Waals surface area contributed by atoms with E-state index in [1.807, 2.05) is 26.8 Å². The molecule has 0 radical (unpaired) electrons. The lowest BCUT2D eigenvalue weighted by Gasteiger charge is -2.19. The number of rotatable bonds is 12. The number of carbonyl (C=O) groups excluding carboxylic acids is 2. The summed E-state index contributed by atoms with van der Waals surface area (Å²) in [7, 11) is 0. The van der Waals surface area contributed by atoms with Crippen LogP contribution in [-0.4, -0.2) is 31.5 Å². The van der Waals surface area contributed by atoms with Gasteiger partial charge in [-0.3, -0.25) is 9.59 Å². The second-order valence-corrected chi connectivity index (χ2v) is 13.5. The van der Waals surface area contributed by atoms with E-state index in [1.54, 1.807) is 6.92 Å². The lowest BCUT2D eigenvalue weighted by Crippen LogP contribution is -2.08. The maximum atomic E-state index is 14.0. The minimum Gasteiger partial charge on any atom is -0.361 e. The van der Waals surface area contributed by atoms with Crippen LogP contribution in [0.4, 0.5) is 0 Å². The molecule has 4 N–H and O–H groups in total. The minimum absolute atomic E-state index is 0.0699. The molecule has 6 heteroatoms. The van der Waals surface area contributed by atoms with Crippen molar-refractivity contribution in [2.24, 2.45) is 0 Å². The van der Waals surface area contributed by atoms with Crippen molar-refractivity contribution in [3.63, 3.8) is 0 Å². The predicted molar refractivity (Wildman–Crippen MR) is 193 cm³/mol. The molecule has 6 nitrogen and oxygen atoms in total. The average Bonchev–Trinajstić information content (AvgIpc) is 3.69. The standard InChI is InChI=1S/C41H52N4O2/c1-12-31-21(3)38(42-25(31)7)32(13-2)39-24(6)36(28(10)44-39)34(47)20-19-33-22(4)40(43-26(33)8)37(30-17-15-14-16-18-30)41-23(5)35(29(11)46)27(9)45-41/h14-18,32,37,42-45H,12-13,19-20H2,1-11H3. The Labute approximate surface area is 280 Å². The molecular formula is C41H52N4O2. The number of hydrogen-bond donors (Lipinski definition) is 4. The molecule has 248 valence electrons. The lowest BCUT2D eigenvalue weighted by atomic mass is 9.87. The van der Waals surface area contributed by atoms with Crippen LogP contribution < -0.4 is 0 Å². The highest BCUT2D eigenvalue weighted by molar-refractivity contribution is 5.99. The van der Waals surface area contributed by atoms with E-state index in [0.717, 1.165) is 74.8 Å². The van der Waals surface area contributed by atoms with E-state index in [2.05, 4.69) is 92.7 Å². The molecule has 0 aliphatic rings. The molecule has 4 heterocycles. The molecule has 1 aromatic carbocycles. The first-order chi connectivity index (χ1) is 22.3. The number of aromatic amines is 4. The molecule has 0 saturated heterocycles. The predicted octanol–water partition coefficient (Wildman–Crippen LogP) is 9.77. The molecule has 0 saturated carbocycles. The van der Waals surface area contributed by atoms with Crippen molar-refractivity contribution in [1.82, 2.24) is 19.9 Å². The molecule has 0 amide bonds. The monoisotopic (exact) mass is 632 g/mol. The van der Waals surface area contributed by atoms with Crippen molar-refractivity contribution in [2.45, 2.75) is 114 Å². The van der Waals surface area contributed by atoms with Crippen LogP contribution in [0, 0.1) is 55.4 Å². The lowest BCUT2D eigenvalue weighted by molar-refractivity contribution is 0.0979. The van der Waals surface area contributed by atoms with Gasteiger partial charge in [0, 0.05) is 69.0 Å².